The van der Waals surface area contributed by atoms with E-state index < -0.39 is 36.8 Å². The third kappa shape index (κ3) is 4.48. The van der Waals surface area contributed by atoms with Crippen LogP contribution in [-0.4, -0.2) is 63.8 Å². The Kier molecular flexibility index (Phi) is 7.79. The molecule has 124 valence electrons. The van der Waals surface area contributed by atoms with E-state index in [1.54, 1.807) is 0 Å². The standard InChI is InChI=1S/C15H28O6/c1-3-5-6-7-8-15(20-9-4-2)14(19)13(18)12(17)11(10-16)21-15/h4,11-14,16-19H,2-3,5-10H2,1H3/t11-,12-,13+,14-,15?/m1/s1. The third-order valence-electron chi connectivity index (χ3n) is 3.86. The maximum Gasteiger partial charge on any atom is 0.197 e. The van der Waals surface area contributed by atoms with Gasteiger partial charge in [-0.1, -0.05) is 32.3 Å². The summed E-state index contributed by atoms with van der Waals surface area (Å²) < 4.78 is 11.2. The van der Waals surface area contributed by atoms with Crippen molar-refractivity contribution in [2.75, 3.05) is 13.2 Å². The van der Waals surface area contributed by atoms with Gasteiger partial charge in [0.05, 0.1) is 13.2 Å². The van der Waals surface area contributed by atoms with Gasteiger partial charge in [0, 0.05) is 6.42 Å². The zero-order valence-electron chi connectivity index (χ0n) is 12.6. The van der Waals surface area contributed by atoms with Crippen LogP contribution in [0, 0.1) is 0 Å². The first-order chi connectivity index (χ1) is 10.0. The van der Waals surface area contributed by atoms with Gasteiger partial charge in [0.15, 0.2) is 5.79 Å². The van der Waals surface area contributed by atoms with Crippen molar-refractivity contribution in [3.05, 3.63) is 12.7 Å². The summed E-state index contributed by atoms with van der Waals surface area (Å²) in [5.74, 6) is -1.42. The van der Waals surface area contributed by atoms with E-state index in [1.165, 1.54) is 6.08 Å². The summed E-state index contributed by atoms with van der Waals surface area (Å²) in [6, 6.07) is 0. The SMILES string of the molecule is C=CCOC1(CCCCCC)O[C@H](CO)[C@@H](O)[C@H](O)[C@H]1O. The lowest BCUT2D eigenvalue weighted by molar-refractivity contribution is -0.364. The zero-order valence-corrected chi connectivity index (χ0v) is 12.6. The molecule has 0 spiro atoms. The summed E-state index contributed by atoms with van der Waals surface area (Å²) >= 11 is 0. The second-order valence-corrected chi connectivity index (χ2v) is 5.49. The normalized spacial score (nSPS) is 36.6. The molecule has 1 saturated heterocycles. The fourth-order valence-corrected chi connectivity index (χ4v) is 2.60. The predicted molar refractivity (Wildman–Crippen MR) is 77.6 cm³/mol. The van der Waals surface area contributed by atoms with E-state index in [-0.39, 0.29) is 6.61 Å². The van der Waals surface area contributed by atoms with Gasteiger partial charge < -0.3 is 29.9 Å². The van der Waals surface area contributed by atoms with Crippen molar-refractivity contribution in [1.29, 1.82) is 0 Å². The first-order valence-electron chi connectivity index (χ1n) is 7.60. The molecule has 0 aromatic rings. The van der Waals surface area contributed by atoms with Gasteiger partial charge in [0.2, 0.25) is 0 Å². The van der Waals surface area contributed by atoms with Gasteiger partial charge in [-0.25, -0.2) is 0 Å². The van der Waals surface area contributed by atoms with Crippen LogP contribution in [-0.2, 0) is 9.47 Å². The van der Waals surface area contributed by atoms with E-state index in [0.717, 1.165) is 25.7 Å². The maximum absolute atomic E-state index is 10.3. The molecule has 0 radical (unpaired) electrons. The average molecular weight is 304 g/mol. The molecule has 1 heterocycles. The van der Waals surface area contributed by atoms with Crippen LogP contribution in [0.4, 0.5) is 0 Å². The largest absolute Gasteiger partial charge is 0.394 e. The smallest absolute Gasteiger partial charge is 0.197 e. The van der Waals surface area contributed by atoms with Crippen LogP contribution < -0.4 is 0 Å². The molecule has 0 bridgehead atoms. The van der Waals surface area contributed by atoms with E-state index in [9.17, 15) is 20.4 Å². The molecule has 0 amide bonds. The van der Waals surface area contributed by atoms with Crippen molar-refractivity contribution in [2.45, 2.75) is 69.2 Å². The Labute approximate surface area is 126 Å². The van der Waals surface area contributed by atoms with E-state index in [1.807, 2.05) is 0 Å². The molecule has 1 unspecified atom stereocenters. The minimum absolute atomic E-state index is 0.145. The summed E-state index contributed by atoms with van der Waals surface area (Å²) in [7, 11) is 0. The lowest BCUT2D eigenvalue weighted by atomic mass is 9.89. The van der Waals surface area contributed by atoms with E-state index in [0.29, 0.717) is 6.42 Å². The molecule has 1 rings (SSSR count). The van der Waals surface area contributed by atoms with Crippen molar-refractivity contribution in [1.82, 2.24) is 0 Å². The third-order valence-corrected chi connectivity index (χ3v) is 3.86. The summed E-state index contributed by atoms with van der Waals surface area (Å²) in [6.45, 7) is 5.34. The van der Waals surface area contributed by atoms with Gasteiger partial charge in [-0.2, -0.15) is 0 Å². The van der Waals surface area contributed by atoms with Crippen molar-refractivity contribution in [3.63, 3.8) is 0 Å². The molecule has 21 heavy (non-hydrogen) atoms. The summed E-state index contributed by atoms with van der Waals surface area (Å²) in [5.41, 5.74) is 0. The van der Waals surface area contributed by atoms with Crippen molar-refractivity contribution in [3.8, 4) is 0 Å². The molecular weight excluding hydrogens is 276 g/mol. The molecular formula is C15H28O6. The monoisotopic (exact) mass is 304 g/mol. The average Bonchev–Trinajstić information content (AvgIpc) is 2.50. The number of unbranched alkanes of at least 4 members (excludes halogenated alkanes) is 3. The molecule has 0 aliphatic carbocycles. The van der Waals surface area contributed by atoms with Gasteiger partial charge in [-0.15, -0.1) is 6.58 Å². The predicted octanol–water partition coefficient (Wildman–Crippen LogP) is 0.329. The topological polar surface area (TPSA) is 99.4 Å². The van der Waals surface area contributed by atoms with Crippen LogP contribution in [0.25, 0.3) is 0 Å². The molecule has 1 fully saturated rings. The minimum atomic E-state index is -1.42. The fraction of sp³-hybridized carbons (Fsp3) is 0.867. The summed E-state index contributed by atoms with van der Waals surface area (Å²) in [4.78, 5) is 0. The Bertz CT molecular complexity index is 309. The highest BCUT2D eigenvalue weighted by atomic mass is 16.7. The van der Waals surface area contributed by atoms with Crippen molar-refractivity contribution in [2.24, 2.45) is 0 Å². The molecule has 5 atom stereocenters. The van der Waals surface area contributed by atoms with Gasteiger partial charge in [-0.05, 0) is 6.42 Å². The zero-order chi connectivity index (χ0) is 15.9. The summed E-state index contributed by atoms with van der Waals surface area (Å²) in [6.07, 6.45) is 0.603. The Balaban J connectivity index is 2.83. The van der Waals surface area contributed by atoms with Crippen molar-refractivity contribution >= 4 is 0 Å². The second-order valence-electron chi connectivity index (χ2n) is 5.49. The molecule has 0 aromatic carbocycles. The molecule has 1 aliphatic heterocycles. The van der Waals surface area contributed by atoms with Gasteiger partial charge in [0.25, 0.3) is 0 Å². The number of rotatable bonds is 9. The summed E-state index contributed by atoms with van der Waals surface area (Å²) in [5, 5.41) is 39.4. The Morgan fingerprint density at radius 1 is 1.19 bits per heavy atom. The van der Waals surface area contributed by atoms with E-state index in [2.05, 4.69) is 13.5 Å². The number of aliphatic hydroxyl groups is 4. The Morgan fingerprint density at radius 2 is 1.90 bits per heavy atom. The Hall–Kier alpha value is -0.500. The lowest BCUT2D eigenvalue weighted by Crippen LogP contribution is -2.66. The fourth-order valence-electron chi connectivity index (χ4n) is 2.60. The molecule has 0 saturated carbocycles. The quantitative estimate of drug-likeness (QED) is 0.362. The first-order valence-corrected chi connectivity index (χ1v) is 7.60. The van der Waals surface area contributed by atoms with Gasteiger partial charge in [-0.3, -0.25) is 0 Å². The highest BCUT2D eigenvalue weighted by Gasteiger charge is 2.53. The molecule has 0 aromatic heterocycles. The lowest BCUT2D eigenvalue weighted by Gasteiger charge is -2.48. The van der Waals surface area contributed by atoms with E-state index >= 15 is 0 Å². The second kappa shape index (κ2) is 8.82. The number of hydrogen-bond donors (Lipinski definition) is 4. The van der Waals surface area contributed by atoms with Crippen LogP contribution in [0.3, 0.4) is 0 Å². The van der Waals surface area contributed by atoms with Crippen LogP contribution in [0.15, 0.2) is 12.7 Å². The number of ether oxygens (including phenoxy) is 2. The van der Waals surface area contributed by atoms with Gasteiger partial charge >= 0.3 is 0 Å². The number of hydrogen-bond acceptors (Lipinski definition) is 6. The molecule has 6 heteroatoms. The van der Waals surface area contributed by atoms with E-state index in [4.69, 9.17) is 9.47 Å². The minimum Gasteiger partial charge on any atom is -0.394 e. The van der Waals surface area contributed by atoms with Crippen molar-refractivity contribution < 1.29 is 29.9 Å². The molecule has 4 N–H and O–H groups in total. The highest BCUT2D eigenvalue weighted by Crippen LogP contribution is 2.35. The Morgan fingerprint density at radius 3 is 2.48 bits per heavy atom. The highest BCUT2D eigenvalue weighted by molar-refractivity contribution is 4.97. The molecule has 6 nitrogen and oxygen atoms in total. The van der Waals surface area contributed by atoms with Crippen LogP contribution in [0.2, 0.25) is 0 Å². The van der Waals surface area contributed by atoms with Gasteiger partial charge in [0.1, 0.15) is 24.4 Å². The maximum atomic E-state index is 10.3. The number of aliphatic hydroxyl groups excluding tert-OH is 4. The molecule has 1 aliphatic rings. The van der Waals surface area contributed by atoms with Crippen LogP contribution in [0.5, 0.6) is 0 Å². The first kappa shape index (κ1) is 18.5. The van der Waals surface area contributed by atoms with Crippen LogP contribution in [0.1, 0.15) is 39.0 Å². The van der Waals surface area contributed by atoms with Crippen LogP contribution >= 0.6 is 0 Å².